The lowest BCUT2D eigenvalue weighted by Gasteiger charge is -2.12. The number of fused-ring (bicyclic) bond motifs is 1. The van der Waals surface area contributed by atoms with Gasteiger partial charge in [-0.15, -0.1) is 0 Å². The second-order valence-electron chi connectivity index (χ2n) is 7.47. The molecule has 3 N–H and O–H groups in total. The van der Waals surface area contributed by atoms with E-state index in [9.17, 15) is 9.59 Å². The minimum absolute atomic E-state index is 0.0969. The van der Waals surface area contributed by atoms with Crippen molar-refractivity contribution in [3.8, 4) is 5.75 Å². The molecule has 0 radical (unpaired) electrons. The summed E-state index contributed by atoms with van der Waals surface area (Å²) in [4.78, 5) is 33.6. The Bertz CT molecular complexity index is 1310. The van der Waals surface area contributed by atoms with Gasteiger partial charge >= 0.3 is 0 Å². The molecule has 7 nitrogen and oxygen atoms in total. The Morgan fingerprint density at radius 1 is 1.03 bits per heavy atom. The monoisotopic (exact) mass is 474 g/mol. The number of aromatic nitrogens is 2. The summed E-state index contributed by atoms with van der Waals surface area (Å²) in [5, 5.41) is 5.84. The van der Waals surface area contributed by atoms with Crippen molar-refractivity contribution in [2.75, 3.05) is 13.7 Å². The zero-order chi connectivity index (χ0) is 23.9. The number of carbonyl (C=O) groups is 2. The number of rotatable bonds is 8. The maximum atomic E-state index is 13.0. The Labute approximate surface area is 201 Å². The highest BCUT2D eigenvalue weighted by atomic mass is 35.5. The Morgan fingerprint density at radius 2 is 1.76 bits per heavy atom. The smallest absolute Gasteiger partial charge is 0.267 e. The molecular weight excluding hydrogens is 452 g/mol. The van der Waals surface area contributed by atoms with Gasteiger partial charge in [-0.3, -0.25) is 9.59 Å². The first kappa shape index (κ1) is 23.1. The summed E-state index contributed by atoms with van der Waals surface area (Å²) in [5.41, 5.74) is 2.91. The molecule has 34 heavy (non-hydrogen) atoms. The molecule has 0 saturated heterocycles. The van der Waals surface area contributed by atoms with Gasteiger partial charge in [-0.1, -0.05) is 48.0 Å². The lowest BCUT2D eigenvalue weighted by molar-refractivity contribution is -0.117. The SMILES string of the molecule is COc1ccc(/C=C(\NC(=O)c2ccccc2Cl)C(=O)NCCc2nc3ccccc3[nH]2)cc1. The fraction of sp³-hybridized carbons (Fsp3) is 0.115. The first-order valence-corrected chi connectivity index (χ1v) is 11.0. The van der Waals surface area contributed by atoms with Crippen molar-refractivity contribution in [3.63, 3.8) is 0 Å². The van der Waals surface area contributed by atoms with E-state index in [1.165, 1.54) is 0 Å². The largest absolute Gasteiger partial charge is 0.497 e. The predicted molar refractivity (Wildman–Crippen MR) is 133 cm³/mol. The van der Waals surface area contributed by atoms with Gasteiger partial charge in [0.1, 0.15) is 17.3 Å². The summed E-state index contributed by atoms with van der Waals surface area (Å²) in [6.07, 6.45) is 2.11. The van der Waals surface area contributed by atoms with Crippen LogP contribution >= 0.6 is 11.6 Å². The van der Waals surface area contributed by atoms with Crippen LogP contribution in [-0.4, -0.2) is 35.4 Å². The number of nitrogens with one attached hydrogen (secondary N) is 3. The van der Waals surface area contributed by atoms with E-state index in [0.29, 0.717) is 23.7 Å². The number of hydrogen-bond acceptors (Lipinski definition) is 4. The van der Waals surface area contributed by atoms with Crippen LogP contribution in [0.5, 0.6) is 5.75 Å². The molecule has 0 spiro atoms. The van der Waals surface area contributed by atoms with E-state index in [4.69, 9.17) is 16.3 Å². The summed E-state index contributed by atoms with van der Waals surface area (Å²) in [6.45, 7) is 0.334. The van der Waals surface area contributed by atoms with Gasteiger partial charge in [-0.2, -0.15) is 0 Å². The van der Waals surface area contributed by atoms with Gasteiger partial charge in [-0.25, -0.2) is 4.98 Å². The normalized spacial score (nSPS) is 11.3. The molecule has 172 valence electrons. The van der Waals surface area contributed by atoms with Crippen molar-refractivity contribution in [1.29, 1.82) is 0 Å². The van der Waals surface area contributed by atoms with Crippen molar-refractivity contribution < 1.29 is 14.3 Å². The number of benzene rings is 3. The fourth-order valence-corrected chi connectivity index (χ4v) is 3.60. The molecule has 0 saturated carbocycles. The molecule has 0 aliphatic rings. The molecular formula is C26H23ClN4O3. The van der Waals surface area contributed by atoms with Gasteiger partial charge in [0.2, 0.25) is 0 Å². The molecule has 0 fully saturated rings. The van der Waals surface area contributed by atoms with Crippen LogP contribution in [0.25, 0.3) is 17.1 Å². The molecule has 2 amide bonds. The van der Waals surface area contributed by atoms with Crippen molar-refractivity contribution in [2.45, 2.75) is 6.42 Å². The third kappa shape index (κ3) is 5.63. The number of methoxy groups -OCH3 is 1. The first-order valence-electron chi connectivity index (χ1n) is 10.7. The van der Waals surface area contributed by atoms with E-state index in [0.717, 1.165) is 22.4 Å². The van der Waals surface area contributed by atoms with Gasteiger partial charge in [0.15, 0.2) is 0 Å². The van der Waals surface area contributed by atoms with Crippen molar-refractivity contribution >= 4 is 40.5 Å². The first-order chi connectivity index (χ1) is 16.5. The number of carbonyl (C=O) groups excluding carboxylic acids is 2. The molecule has 0 bridgehead atoms. The third-order valence-electron chi connectivity index (χ3n) is 5.12. The zero-order valence-electron chi connectivity index (χ0n) is 18.5. The molecule has 1 aromatic heterocycles. The number of aromatic amines is 1. The number of nitrogens with zero attached hydrogens (tertiary/aromatic N) is 1. The van der Waals surface area contributed by atoms with Crippen LogP contribution in [0.3, 0.4) is 0 Å². The van der Waals surface area contributed by atoms with Crippen LogP contribution in [0.1, 0.15) is 21.7 Å². The predicted octanol–water partition coefficient (Wildman–Crippen LogP) is 4.35. The highest BCUT2D eigenvalue weighted by Gasteiger charge is 2.16. The van der Waals surface area contributed by atoms with Crippen LogP contribution in [0.15, 0.2) is 78.5 Å². The standard InChI is InChI=1S/C26H23ClN4O3/c1-34-18-12-10-17(11-13-18)16-23(31-25(32)19-6-2-3-7-20(19)27)26(33)28-15-14-24-29-21-8-4-5-9-22(21)30-24/h2-13,16H,14-15H2,1H3,(H,28,33)(H,29,30)(H,31,32)/b23-16-. The molecule has 3 aromatic carbocycles. The van der Waals surface area contributed by atoms with Crippen molar-refractivity contribution in [3.05, 3.63) is 100 Å². The highest BCUT2D eigenvalue weighted by molar-refractivity contribution is 6.34. The summed E-state index contributed by atoms with van der Waals surface area (Å²) < 4.78 is 5.18. The highest BCUT2D eigenvalue weighted by Crippen LogP contribution is 2.17. The van der Waals surface area contributed by atoms with E-state index in [1.54, 1.807) is 61.7 Å². The number of hydrogen-bond donors (Lipinski definition) is 3. The summed E-state index contributed by atoms with van der Waals surface area (Å²) in [5.74, 6) is 0.557. The molecule has 4 aromatic rings. The molecule has 8 heteroatoms. The van der Waals surface area contributed by atoms with Crippen molar-refractivity contribution in [2.24, 2.45) is 0 Å². The Morgan fingerprint density at radius 3 is 2.50 bits per heavy atom. The van der Waals surface area contributed by atoms with Gasteiger partial charge < -0.3 is 20.4 Å². The molecule has 1 heterocycles. The Kier molecular flexibility index (Phi) is 7.25. The van der Waals surface area contributed by atoms with E-state index < -0.39 is 11.8 Å². The maximum absolute atomic E-state index is 13.0. The number of imidazole rings is 1. The van der Waals surface area contributed by atoms with E-state index >= 15 is 0 Å². The van der Waals surface area contributed by atoms with Crippen LogP contribution in [0.2, 0.25) is 5.02 Å². The summed E-state index contributed by atoms with van der Waals surface area (Å²) in [7, 11) is 1.58. The zero-order valence-corrected chi connectivity index (χ0v) is 19.2. The van der Waals surface area contributed by atoms with Crippen LogP contribution in [0.4, 0.5) is 0 Å². The van der Waals surface area contributed by atoms with Crippen LogP contribution in [-0.2, 0) is 11.2 Å². The quantitative estimate of drug-likeness (QED) is 0.331. The molecule has 0 atom stereocenters. The Balaban J connectivity index is 1.49. The average molecular weight is 475 g/mol. The minimum Gasteiger partial charge on any atom is -0.497 e. The van der Waals surface area contributed by atoms with Crippen LogP contribution in [0, 0.1) is 0 Å². The maximum Gasteiger partial charge on any atom is 0.267 e. The second kappa shape index (κ2) is 10.7. The number of ether oxygens (including phenoxy) is 1. The third-order valence-corrected chi connectivity index (χ3v) is 5.45. The number of para-hydroxylation sites is 2. The number of H-pyrrole nitrogens is 1. The van der Waals surface area contributed by atoms with Gasteiger partial charge in [0.25, 0.3) is 11.8 Å². The summed E-state index contributed by atoms with van der Waals surface area (Å²) in [6, 6.07) is 21.5. The topological polar surface area (TPSA) is 96.1 Å². The fourth-order valence-electron chi connectivity index (χ4n) is 3.37. The molecule has 0 unspecified atom stereocenters. The summed E-state index contributed by atoms with van der Waals surface area (Å²) >= 11 is 6.16. The molecule has 4 rings (SSSR count). The Hall–Kier alpha value is -4.10. The van der Waals surface area contributed by atoms with Crippen molar-refractivity contribution in [1.82, 2.24) is 20.6 Å². The van der Waals surface area contributed by atoms with E-state index in [-0.39, 0.29) is 11.3 Å². The minimum atomic E-state index is -0.474. The van der Waals surface area contributed by atoms with Gasteiger partial charge in [0.05, 0.1) is 28.7 Å². The van der Waals surface area contributed by atoms with E-state index in [2.05, 4.69) is 20.6 Å². The molecule has 0 aliphatic carbocycles. The number of amides is 2. The van der Waals surface area contributed by atoms with E-state index in [1.807, 2.05) is 24.3 Å². The number of halogens is 1. The van der Waals surface area contributed by atoms with Crippen LogP contribution < -0.4 is 15.4 Å². The average Bonchev–Trinajstić information content (AvgIpc) is 3.27. The van der Waals surface area contributed by atoms with Gasteiger partial charge in [0, 0.05) is 13.0 Å². The lowest BCUT2D eigenvalue weighted by atomic mass is 10.1. The lowest BCUT2D eigenvalue weighted by Crippen LogP contribution is -2.36. The van der Waals surface area contributed by atoms with Gasteiger partial charge in [-0.05, 0) is 48.0 Å². The second-order valence-corrected chi connectivity index (χ2v) is 7.88. The molecule has 0 aliphatic heterocycles.